The van der Waals surface area contributed by atoms with Gasteiger partial charge in [-0.05, 0) is 30.7 Å². The summed E-state index contributed by atoms with van der Waals surface area (Å²) in [6.45, 7) is 1.82. The molecule has 0 bridgehead atoms. The van der Waals surface area contributed by atoms with E-state index < -0.39 is 6.10 Å². The van der Waals surface area contributed by atoms with Gasteiger partial charge in [-0.15, -0.1) is 0 Å². The molecule has 0 heterocycles. The Morgan fingerprint density at radius 1 is 1.27 bits per heavy atom. The molecule has 1 N–H and O–H groups in total. The molecule has 1 aromatic rings. The summed E-state index contributed by atoms with van der Waals surface area (Å²) in [5.41, 5.74) is 0.783. The minimum atomic E-state index is -0.717. The zero-order valence-electron chi connectivity index (χ0n) is 9.23. The van der Waals surface area contributed by atoms with E-state index in [2.05, 4.69) is 0 Å². The van der Waals surface area contributed by atoms with E-state index in [1.165, 1.54) is 0 Å². The Labute approximate surface area is 90.0 Å². The average molecular weight is 208 g/mol. The van der Waals surface area contributed by atoms with Crippen LogP contribution >= 0.6 is 0 Å². The van der Waals surface area contributed by atoms with E-state index in [0.717, 1.165) is 11.3 Å². The van der Waals surface area contributed by atoms with Crippen LogP contribution in [0.3, 0.4) is 0 Å². The van der Waals surface area contributed by atoms with Crippen molar-refractivity contribution in [1.29, 1.82) is 0 Å². The van der Waals surface area contributed by atoms with E-state index in [9.17, 15) is 5.11 Å². The quantitative estimate of drug-likeness (QED) is 0.771. The average Bonchev–Trinajstić information content (AvgIpc) is 2.30. The molecule has 0 saturated heterocycles. The van der Waals surface area contributed by atoms with Gasteiger partial charge in [0, 0.05) is 0 Å². The lowest BCUT2D eigenvalue weighted by Gasteiger charge is -2.14. The number of rotatable bonds is 4. The van der Waals surface area contributed by atoms with Gasteiger partial charge in [0.05, 0.1) is 14.2 Å². The van der Waals surface area contributed by atoms with Crippen molar-refractivity contribution in [3.05, 3.63) is 41.7 Å². The van der Waals surface area contributed by atoms with Crippen molar-refractivity contribution in [1.82, 2.24) is 0 Å². The highest BCUT2D eigenvalue weighted by molar-refractivity contribution is 5.31. The Kier molecular flexibility index (Phi) is 4.18. The highest BCUT2D eigenvalue weighted by Crippen LogP contribution is 2.23. The van der Waals surface area contributed by atoms with Crippen molar-refractivity contribution >= 4 is 0 Å². The van der Waals surface area contributed by atoms with Crippen LogP contribution in [0.4, 0.5) is 0 Å². The van der Waals surface area contributed by atoms with Gasteiger partial charge >= 0.3 is 0 Å². The standard InChI is InChI=1S/C12H16O3/c1-4-11(15-3)12(13)9-5-7-10(14-2)8-6-9/h4-8,12-13H,1-3H3/b11-4+. The number of ether oxygens (including phenoxy) is 2. The fourth-order valence-electron chi connectivity index (χ4n) is 1.34. The van der Waals surface area contributed by atoms with Crippen molar-refractivity contribution < 1.29 is 14.6 Å². The molecule has 1 unspecified atom stereocenters. The SMILES string of the molecule is C/C=C(/OC)C(O)c1ccc(OC)cc1. The molecule has 3 heteroatoms. The monoisotopic (exact) mass is 208 g/mol. The molecule has 0 aliphatic rings. The van der Waals surface area contributed by atoms with E-state index in [1.807, 2.05) is 31.2 Å². The summed E-state index contributed by atoms with van der Waals surface area (Å²) in [5, 5.41) is 9.91. The summed E-state index contributed by atoms with van der Waals surface area (Å²) in [6, 6.07) is 7.24. The number of hydrogen-bond acceptors (Lipinski definition) is 3. The van der Waals surface area contributed by atoms with E-state index in [1.54, 1.807) is 20.3 Å². The third kappa shape index (κ3) is 2.73. The maximum Gasteiger partial charge on any atom is 0.136 e. The van der Waals surface area contributed by atoms with E-state index in [4.69, 9.17) is 9.47 Å². The first-order chi connectivity index (χ1) is 7.22. The Morgan fingerprint density at radius 2 is 1.87 bits per heavy atom. The molecular weight excluding hydrogens is 192 g/mol. The molecule has 15 heavy (non-hydrogen) atoms. The minimum absolute atomic E-state index is 0.542. The number of aliphatic hydroxyl groups excluding tert-OH is 1. The van der Waals surface area contributed by atoms with E-state index in [0.29, 0.717) is 5.76 Å². The normalized spacial score (nSPS) is 13.5. The van der Waals surface area contributed by atoms with Gasteiger partial charge in [-0.2, -0.15) is 0 Å². The lowest BCUT2D eigenvalue weighted by molar-refractivity contribution is 0.129. The molecule has 0 saturated carbocycles. The predicted molar refractivity (Wildman–Crippen MR) is 58.7 cm³/mol. The molecule has 0 amide bonds. The predicted octanol–water partition coefficient (Wildman–Crippen LogP) is 2.28. The summed E-state index contributed by atoms with van der Waals surface area (Å²) >= 11 is 0. The molecule has 0 radical (unpaired) electrons. The largest absolute Gasteiger partial charge is 0.498 e. The highest BCUT2D eigenvalue weighted by Gasteiger charge is 2.12. The molecule has 1 atom stereocenters. The maximum absolute atomic E-state index is 9.91. The zero-order valence-corrected chi connectivity index (χ0v) is 9.23. The van der Waals surface area contributed by atoms with Crippen LogP contribution in [0.15, 0.2) is 36.1 Å². The number of aliphatic hydroxyl groups is 1. The van der Waals surface area contributed by atoms with Crippen molar-refractivity contribution in [3.8, 4) is 5.75 Å². The molecular formula is C12H16O3. The van der Waals surface area contributed by atoms with Crippen LogP contribution in [0, 0.1) is 0 Å². The van der Waals surface area contributed by atoms with Crippen LogP contribution < -0.4 is 4.74 Å². The number of benzene rings is 1. The van der Waals surface area contributed by atoms with E-state index >= 15 is 0 Å². The van der Waals surface area contributed by atoms with Crippen LogP contribution in [0.2, 0.25) is 0 Å². The molecule has 3 nitrogen and oxygen atoms in total. The Morgan fingerprint density at radius 3 is 2.27 bits per heavy atom. The summed E-state index contributed by atoms with van der Waals surface area (Å²) in [4.78, 5) is 0. The molecule has 0 aliphatic heterocycles. The van der Waals surface area contributed by atoms with Gasteiger partial charge in [-0.3, -0.25) is 0 Å². The third-order valence-electron chi connectivity index (χ3n) is 2.22. The molecule has 0 aromatic heterocycles. The highest BCUT2D eigenvalue weighted by atomic mass is 16.5. The fourth-order valence-corrected chi connectivity index (χ4v) is 1.34. The molecule has 0 fully saturated rings. The van der Waals surface area contributed by atoms with Gasteiger partial charge in [0.2, 0.25) is 0 Å². The van der Waals surface area contributed by atoms with Crippen LogP contribution in [0.25, 0.3) is 0 Å². The summed E-state index contributed by atoms with van der Waals surface area (Å²) in [7, 11) is 3.15. The third-order valence-corrected chi connectivity index (χ3v) is 2.22. The topological polar surface area (TPSA) is 38.7 Å². The van der Waals surface area contributed by atoms with Crippen LogP contribution in [0.1, 0.15) is 18.6 Å². The van der Waals surface area contributed by atoms with Gasteiger partial charge in [-0.1, -0.05) is 12.1 Å². The van der Waals surface area contributed by atoms with Crippen LogP contribution in [0.5, 0.6) is 5.75 Å². The maximum atomic E-state index is 9.91. The molecule has 82 valence electrons. The Hall–Kier alpha value is -1.48. The first-order valence-electron chi connectivity index (χ1n) is 4.75. The smallest absolute Gasteiger partial charge is 0.136 e. The second kappa shape index (κ2) is 5.41. The second-order valence-corrected chi connectivity index (χ2v) is 3.07. The Bertz CT molecular complexity index is 327. The second-order valence-electron chi connectivity index (χ2n) is 3.07. The Balaban J connectivity index is 2.86. The molecule has 1 aromatic carbocycles. The fraction of sp³-hybridized carbons (Fsp3) is 0.333. The van der Waals surface area contributed by atoms with Crippen LogP contribution in [-0.2, 0) is 4.74 Å². The number of hydrogen-bond donors (Lipinski definition) is 1. The van der Waals surface area contributed by atoms with Crippen molar-refractivity contribution in [2.45, 2.75) is 13.0 Å². The van der Waals surface area contributed by atoms with Crippen molar-refractivity contribution in [3.63, 3.8) is 0 Å². The lowest BCUT2D eigenvalue weighted by atomic mass is 10.1. The summed E-state index contributed by atoms with van der Waals surface area (Å²) < 4.78 is 10.1. The van der Waals surface area contributed by atoms with Crippen LogP contribution in [-0.4, -0.2) is 19.3 Å². The zero-order chi connectivity index (χ0) is 11.3. The summed E-state index contributed by atoms with van der Waals surface area (Å²) in [6.07, 6.45) is 1.03. The van der Waals surface area contributed by atoms with Crippen molar-refractivity contribution in [2.24, 2.45) is 0 Å². The van der Waals surface area contributed by atoms with E-state index in [-0.39, 0.29) is 0 Å². The van der Waals surface area contributed by atoms with Gasteiger partial charge in [0.15, 0.2) is 0 Å². The van der Waals surface area contributed by atoms with Gasteiger partial charge in [-0.25, -0.2) is 0 Å². The first-order valence-corrected chi connectivity index (χ1v) is 4.75. The minimum Gasteiger partial charge on any atom is -0.498 e. The van der Waals surface area contributed by atoms with Gasteiger partial charge in [0.25, 0.3) is 0 Å². The summed E-state index contributed by atoms with van der Waals surface area (Å²) in [5.74, 6) is 1.31. The molecule has 1 rings (SSSR count). The molecule has 0 spiro atoms. The van der Waals surface area contributed by atoms with Gasteiger partial charge in [0.1, 0.15) is 17.6 Å². The number of allylic oxidation sites excluding steroid dienone is 1. The number of methoxy groups -OCH3 is 2. The lowest BCUT2D eigenvalue weighted by Crippen LogP contribution is -2.03. The van der Waals surface area contributed by atoms with Gasteiger partial charge < -0.3 is 14.6 Å². The van der Waals surface area contributed by atoms with Crippen molar-refractivity contribution in [2.75, 3.05) is 14.2 Å². The first kappa shape index (κ1) is 11.6. The molecule has 0 aliphatic carbocycles.